The highest BCUT2D eigenvalue weighted by atomic mass is 15.1. The van der Waals surface area contributed by atoms with Crippen molar-refractivity contribution >= 4 is 54.7 Å². The standard InChI is InChI=1S/C33H24N2/c1-35(23-14-6-3-7-15-23)29-21-20-28-31-26-18-10-8-16-24(26)25-17-9-11-19-27(25)32(31)34-33(28)30(29)22-12-4-2-5-13-22/h2-21,34H,1H3. The zero-order valence-corrected chi connectivity index (χ0v) is 19.5. The summed E-state index contributed by atoms with van der Waals surface area (Å²) in [7, 11) is 2.15. The van der Waals surface area contributed by atoms with Crippen molar-refractivity contribution in [2.75, 3.05) is 11.9 Å². The van der Waals surface area contributed by atoms with Crippen molar-refractivity contribution in [2.24, 2.45) is 0 Å². The zero-order valence-electron chi connectivity index (χ0n) is 19.5. The Bertz CT molecular complexity index is 1850. The number of aromatic amines is 1. The van der Waals surface area contributed by atoms with Crippen LogP contribution in [0.2, 0.25) is 0 Å². The fraction of sp³-hybridized carbons (Fsp3) is 0.0303. The van der Waals surface area contributed by atoms with Crippen LogP contribution in [-0.4, -0.2) is 12.0 Å². The second-order valence-corrected chi connectivity index (χ2v) is 9.11. The molecule has 35 heavy (non-hydrogen) atoms. The van der Waals surface area contributed by atoms with Gasteiger partial charge in [-0.15, -0.1) is 0 Å². The second kappa shape index (κ2) is 7.75. The average Bonchev–Trinajstić information content (AvgIpc) is 3.33. The Balaban J connectivity index is 1.66. The minimum Gasteiger partial charge on any atom is -0.353 e. The number of aromatic nitrogens is 1. The van der Waals surface area contributed by atoms with Gasteiger partial charge >= 0.3 is 0 Å². The van der Waals surface area contributed by atoms with E-state index in [9.17, 15) is 0 Å². The van der Waals surface area contributed by atoms with E-state index < -0.39 is 0 Å². The Hall–Kier alpha value is -4.56. The molecule has 0 radical (unpaired) electrons. The van der Waals surface area contributed by atoms with Gasteiger partial charge in [0, 0.05) is 34.5 Å². The summed E-state index contributed by atoms with van der Waals surface area (Å²) in [5.74, 6) is 0. The quantitative estimate of drug-likeness (QED) is 0.267. The molecule has 0 unspecified atom stereocenters. The molecule has 166 valence electrons. The molecule has 1 N–H and O–H groups in total. The summed E-state index contributed by atoms with van der Waals surface area (Å²) in [6, 6.07) is 43.4. The van der Waals surface area contributed by atoms with Gasteiger partial charge in [-0.25, -0.2) is 0 Å². The van der Waals surface area contributed by atoms with Crippen molar-refractivity contribution in [1.82, 2.24) is 4.98 Å². The third-order valence-electron chi connectivity index (χ3n) is 7.20. The molecule has 0 saturated carbocycles. The predicted octanol–water partition coefficient (Wildman–Crippen LogP) is 9.06. The van der Waals surface area contributed by atoms with Gasteiger partial charge in [0.15, 0.2) is 0 Å². The number of benzene rings is 6. The van der Waals surface area contributed by atoms with Crippen LogP contribution >= 0.6 is 0 Å². The lowest BCUT2D eigenvalue weighted by atomic mass is 9.95. The van der Waals surface area contributed by atoms with E-state index in [1.54, 1.807) is 0 Å². The number of rotatable bonds is 3. The smallest absolute Gasteiger partial charge is 0.0566 e. The first-order valence-corrected chi connectivity index (χ1v) is 12.0. The van der Waals surface area contributed by atoms with Crippen LogP contribution in [0, 0.1) is 0 Å². The molecule has 0 amide bonds. The third kappa shape index (κ3) is 2.97. The van der Waals surface area contributed by atoms with Crippen molar-refractivity contribution in [1.29, 1.82) is 0 Å². The number of H-pyrrole nitrogens is 1. The topological polar surface area (TPSA) is 19.0 Å². The number of anilines is 2. The van der Waals surface area contributed by atoms with Gasteiger partial charge in [0.2, 0.25) is 0 Å². The number of nitrogens with one attached hydrogen (secondary N) is 1. The molecule has 7 rings (SSSR count). The molecule has 0 bridgehead atoms. The lowest BCUT2D eigenvalue weighted by Gasteiger charge is -2.23. The van der Waals surface area contributed by atoms with Crippen molar-refractivity contribution in [3.05, 3.63) is 121 Å². The Morgan fingerprint density at radius 2 is 1.06 bits per heavy atom. The minimum atomic E-state index is 1.16. The highest BCUT2D eigenvalue weighted by Gasteiger charge is 2.20. The summed E-state index contributed by atoms with van der Waals surface area (Å²) in [6.45, 7) is 0. The highest BCUT2D eigenvalue weighted by molar-refractivity contribution is 6.32. The van der Waals surface area contributed by atoms with Crippen molar-refractivity contribution in [3.63, 3.8) is 0 Å². The lowest BCUT2D eigenvalue weighted by molar-refractivity contribution is 1.21. The monoisotopic (exact) mass is 448 g/mol. The molecule has 1 aromatic heterocycles. The Labute approximate surface area is 204 Å². The van der Waals surface area contributed by atoms with Crippen LogP contribution < -0.4 is 4.90 Å². The molecule has 2 nitrogen and oxygen atoms in total. The Kier molecular flexibility index (Phi) is 4.40. The number of hydrogen-bond acceptors (Lipinski definition) is 1. The molecule has 0 aliphatic carbocycles. The third-order valence-corrected chi connectivity index (χ3v) is 7.20. The molecule has 0 aliphatic rings. The van der Waals surface area contributed by atoms with E-state index in [1.165, 1.54) is 60.2 Å². The van der Waals surface area contributed by atoms with E-state index >= 15 is 0 Å². The SMILES string of the molecule is CN(c1ccccc1)c1ccc2c([nH]c3c4ccccc4c4ccccc4c23)c1-c1ccccc1. The van der Waals surface area contributed by atoms with Gasteiger partial charge < -0.3 is 9.88 Å². The molecule has 7 aromatic rings. The maximum absolute atomic E-state index is 3.90. The first-order valence-electron chi connectivity index (χ1n) is 12.0. The van der Waals surface area contributed by atoms with Crippen molar-refractivity contribution in [2.45, 2.75) is 0 Å². The summed E-state index contributed by atoms with van der Waals surface area (Å²) < 4.78 is 0. The van der Waals surface area contributed by atoms with Gasteiger partial charge in [0.05, 0.1) is 16.7 Å². The van der Waals surface area contributed by atoms with Crippen LogP contribution in [-0.2, 0) is 0 Å². The highest BCUT2D eigenvalue weighted by Crippen LogP contribution is 2.45. The van der Waals surface area contributed by atoms with Crippen LogP contribution in [0.1, 0.15) is 0 Å². The summed E-state index contributed by atoms with van der Waals surface area (Å²) in [5.41, 5.74) is 7.14. The first-order chi connectivity index (χ1) is 17.3. The molecule has 0 saturated heterocycles. The summed E-state index contributed by atoms with van der Waals surface area (Å²) >= 11 is 0. The van der Waals surface area contributed by atoms with Crippen LogP contribution in [0.25, 0.3) is 54.5 Å². The molecular weight excluding hydrogens is 424 g/mol. The van der Waals surface area contributed by atoms with Gasteiger partial charge in [-0.05, 0) is 39.9 Å². The molecule has 0 atom stereocenters. The Morgan fingerprint density at radius 3 is 1.77 bits per heavy atom. The molecule has 2 heteroatoms. The molecule has 0 aliphatic heterocycles. The number of hydrogen-bond donors (Lipinski definition) is 1. The van der Waals surface area contributed by atoms with E-state index in [2.05, 4.69) is 138 Å². The molecule has 6 aromatic carbocycles. The van der Waals surface area contributed by atoms with Crippen molar-refractivity contribution in [3.8, 4) is 11.1 Å². The fourth-order valence-electron chi connectivity index (χ4n) is 5.57. The summed E-state index contributed by atoms with van der Waals surface area (Å²) in [5, 5.41) is 7.67. The molecule has 1 heterocycles. The van der Waals surface area contributed by atoms with Crippen LogP contribution in [0.15, 0.2) is 121 Å². The second-order valence-electron chi connectivity index (χ2n) is 9.11. The van der Waals surface area contributed by atoms with E-state index in [0.717, 1.165) is 5.69 Å². The van der Waals surface area contributed by atoms with Gasteiger partial charge in [-0.3, -0.25) is 0 Å². The largest absolute Gasteiger partial charge is 0.353 e. The van der Waals surface area contributed by atoms with E-state index in [-0.39, 0.29) is 0 Å². The van der Waals surface area contributed by atoms with E-state index in [1.807, 2.05) is 0 Å². The number of para-hydroxylation sites is 1. The molecule has 0 fully saturated rings. The van der Waals surface area contributed by atoms with Gasteiger partial charge in [0.1, 0.15) is 0 Å². The van der Waals surface area contributed by atoms with E-state index in [4.69, 9.17) is 0 Å². The normalized spacial score (nSPS) is 11.6. The summed E-state index contributed by atoms with van der Waals surface area (Å²) in [4.78, 5) is 6.18. The van der Waals surface area contributed by atoms with Gasteiger partial charge in [-0.1, -0.05) is 103 Å². The average molecular weight is 449 g/mol. The maximum atomic E-state index is 3.90. The van der Waals surface area contributed by atoms with Gasteiger partial charge in [-0.2, -0.15) is 0 Å². The van der Waals surface area contributed by atoms with Crippen molar-refractivity contribution < 1.29 is 0 Å². The van der Waals surface area contributed by atoms with Crippen LogP contribution in [0.4, 0.5) is 11.4 Å². The number of nitrogens with zero attached hydrogens (tertiary/aromatic N) is 1. The number of fused-ring (bicyclic) bond motifs is 8. The lowest BCUT2D eigenvalue weighted by Crippen LogP contribution is -2.10. The zero-order chi connectivity index (χ0) is 23.4. The minimum absolute atomic E-state index is 1.16. The summed E-state index contributed by atoms with van der Waals surface area (Å²) in [6.07, 6.45) is 0. The van der Waals surface area contributed by atoms with Gasteiger partial charge in [0.25, 0.3) is 0 Å². The van der Waals surface area contributed by atoms with E-state index in [0.29, 0.717) is 0 Å². The van der Waals surface area contributed by atoms with Crippen LogP contribution in [0.5, 0.6) is 0 Å². The maximum Gasteiger partial charge on any atom is 0.0566 e. The molecular formula is C33H24N2. The fourth-order valence-corrected chi connectivity index (χ4v) is 5.57. The molecule has 0 spiro atoms. The predicted molar refractivity (Wildman–Crippen MR) is 151 cm³/mol. The first kappa shape index (κ1) is 19.9. The van der Waals surface area contributed by atoms with Crippen LogP contribution in [0.3, 0.4) is 0 Å². The Morgan fingerprint density at radius 1 is 0.486 bits per heavy atom.